The number of rotatable bonds is 7. The second kappa shape index (κ2) is 9.69. The summed E-state index contributed by atoms with van der Waals surface area (Å²) in [6.07, 6.45) is 0. The van der Waals surface area contributed by atoms with Crippen LogP contribution in [0.15, 0.2) is 71.6 Å². The number of carbonyl (C=O) groups is 1. The number of benzene rings is 3. The van der Waals surface area contributed by atoms with Crippen LogP contribution in [0.3, 0.4) is 0 Å². The highest BCUT2D eigenvalue weighted by Crippen LogP contribution is 2.32. The number of ether oxygens (including phenoxy) is 1. The van der Waals surface area contributed by atoms with E-state index in [4.69, 9.17) is 4.74 Å². The number of methoxy groups -OCH3 is 1. The summed E-state index contributed by atoms with van der Waals surface area (Å²) in [6.45, 7) is 3.37. The van der Waals surface area contributed by atoms with E-state index in [2.05, 4.69) is 27.9 Å². The molecule has 0 unspecified atom stereocenters. The van der Waals surface area contributed by atoms with Crippen LogP contribution < -0.4 is 14.4 Å². The van der Waals surface area contributed by atoms with Gasteiger partial charge in [-0.15, -0.1) is 0 Å². The summed E-state index contributed by atoms with van der Waals surface area (Å²) in [7, 11) is -2.55. The van der Waals surface area contributed by atoms with E-state index in [1.807, 2.05) is 26.0 Å². The minimum atomic E-state index is -4.02. The minimum absolute atomic E-state index is 0.0993. The van der Waals surface area contributed by atoms with Gasteiger partial charge in [-0.05, 0) is 84.5 Å². The summed E-state index contributed by atoms with van der Waals surface area (Å²) in [5.41, 5.74) is 2.76. The van der Waals surface area contributed by atoms with Gasteiger partial charge in [0.2, 0.25) is 5.91 Å². The van der Waals surface area contributed by atoms with Gasteiger partial charge >= 0.3 is 0 Å². The van der Waals surface area contributed by atoms with Crippen molar-refractivity contribution >= 4 is 49.9 Å². The number of hydrogen-bond donors (Lipinski definition) is 1. The molecular formula is C23H23IN2O4S. The van der Waals surface area contributed by atoms with Crippen molar-refractivity contribution in [3.63, 3.8) is 0 Å². The Morgan fingerprint density at radius 1 is 1.03 bits per heavy atom. The highest BCUT2D eigenvalue weighted by molar-refractivity contribution is 14.1. The second-order valence-corrected chi connectivity index (χ2v) is 10.1. The number of nitrogens with zero attached hydrogens (tertiary/aromatic N) is 1. The van der Waals surface area contributed by atoms with Crippen molar-refractivity contribution < 1.29 is 17.9 Å². The normalized spacial score (nSPS) is 11.1. The van der Waals surface area contributed by atoms with E-state index in [1.54, 1.807) is 42.5 Å². The molecular weight excluding hydrogens is 527 g/mol. The lowest BCUT2D eigenvalue weighted by Gasteiger charge is -2.25. The first-order chi connectivity index (χ1) is 14.7. The molecule has 162 valence electrons. The van der Waals surface area contributed by atoms with E-state index in [1.165, 1.54) is 19.2 Å². The second-order valence-electron chi connectivity index (χ2n) is 7.00. The third-order valence-electron chi connectivity index (χ3n) is 4.71. The van der Waals surface area contributed by atoms with Crippen LogP contribution in [0.1, 0.15) is 11.1 Å². The summed E-state index contributed by atoms with van der Waals surface area (Å²) < 4.78 is 34.5. The molecule has 0 bridgehead atoms. The Hall–Kier alpha value is -2.59. The summed E-state index contributed by atoms with van der Waals surface area (Å²) in [5, 5.41) is 2.82. The molecule has 0 fully saturated rings. The maximum Gasteiger partial charge on any atom is 0.264 e. The highest BCUT2D eigenvalue weighted by Gasteiger charge is 2.29. The van der Waals surface area contributed by atoms with Crippen LogP contribution in [-0.2, 0) is 14.8 Å². The topological polar surface area (TPSA) is 75.7 Å². The molecule has 1 amide bonds. The summed E-state index contributed by atoms with van der Waals surface area (Å²) >= 11 is 2.20. The standard InChI is InChI=1S/C23H23IN2O4S/c1-16-8-11-19(12-9-16)31(28,29)26(21-6-4-5-7-22(21)30-3)15-23(27)25-20-13-10-18(24)14-17(20)2/h4-14H,15H2,1-3H3,(H,25,27). The Kier molecular flexibility index (Phi) is 7.22. The van der Waals surface area contributed by atoms with Crippen LogP contribution in [0, 0.1) is 17.4 Å². The van der Waals surface area contributed by atoms with E-state index in [0.717, 1.165) is 19.0 Å². The first-order valence-corrected chi connectivity index (χ1v) is 12.0. The van der Waals surface area contributed by atoms with Gasteiger partial charge in [0.15, 0.2) is 0 Å². The first kappa shape index (κ1) is 23.1. The summed E-state index contributed by atoms with van der Waals surface area (Å²) in [4.78, 5) is 13.0. The Morgan fingerprint density at radius 2 is 1.71 bits per heavy atom. The third kappa shape index (κ3) is 5.37. The van der Waals surface area contributed by atoms with Crippen molar-refractivity contribution in [1.29, 1.82) is 0 Å². The van der Waals surface area contributed by atoms with E-state index in [-0.39, 0.29) is 4.90 Å². The van der Waals surface area contributed by atoms with Crippen LogP contribution in [0.25, 0.3) is 0 Å². The fourth-order valence-corrected chi connectivity index (χ4v) is 5.14. The monoisotopic (exact) mass is 550 g/mol. The molecule has 8 heteroatoms. The van der Waals surface area contributed by atoms with Gasteiger partial charge in [-0.3, -0.25) is 9.10 Å². The minimum Gasteiger partial charge on any atom is -0.495 e. The number of nitrogens with one attached hydrogen (secondary N) is 1. The van der Waals surface area contributed by atoms with Crippen LogP contribution in [-0.4, -0.2) is 28.0 Å². The molecule has 3 aromatic carbocycles. The zero-order chi connectivity index (χ0) is 22.6. The molecule has 0 saturated carbocycles. The average molecular weight is 550 g/mol. The number of sulfonamides is 1. The van der Waals surface area contributed by atoms with Crippen LogP contribution >= 0.6 is 22.6 Å². The zero-order valence-electron chi connectivity index (χ0n) is 17.4. The molecule has 3 aromatic rings. The largest absolute Gasteiger partial charge is 0.495 e. The van der Waals surface area contributed by atoms with E-state index >= 15 is 0 Å². The molecule has 0 atom stereocenters. The number of anilines is 2. The van der Waals surface area contributed by atoms with Crippen molar-refractivity contribution in [2.45, 2.75) is 18.7 Å². The van der Waals surface area contributed by atoms with Gasteiger partial charge < -0.3 is 10.1 Å². The first-order valence-electron chi connectivity index (χ1n) is 9.51. The molecule has 1 N–H and O–H groups in total. The molecule has 0 radical (unpaired) electrons. The molecule has 0 aliphatic heterocycles. The Balaban J connectivity index is 1.99. The molecule has 0 aliphatic carbocycles. The quantitative estimate of drug-likeness (QED) is 0.431. The van der Waals surface area contributed by atoms with Crippen molar-refractivity contribution in [3.8, 4) is 5.75 Å². The van der Waals surface area contributed by atoms with E-state index in [9.17, 15) is 13.2 Å². The molecule has 0 spiro atoms. The molecule has 6 nitrogen and oxygen atoms in total. The Labute approximate surface area is 196 Å². The number of hydrogen-bond acceptors (Lipinski definition) is 4. The predicted molar refractivity (Wildman–Crippen MR) is 131 cm³/mol. The molecule has 0 aromatic heterocycles. The van der Waals surface area contributed by atoms with Crippen molar-refractivity contribution in [3.05, 3.63) is 81.4 Å². The highest BCUT2D eigenvalue weighted by atomic mass is 127. The summed E-state index contributed by atoms with van der Waals surface area (Å²) in [5.74, 6) is -0.0951. The number of carbonyl (C=O) groups excluding carboxylic acids is 1. The van der Waals surface area contributed by atoms with Gasteiger partial charge in [-0.25, -0.2) is 8.42 Å². The molecule has 0 aliphatic rings. The molecule has 0 saturated heterocycles. The van der Waals surface area contributed by atoms with Crippen LogP contribution in [0.2, 0.25) is 0 Å². The van der Waals surface area contributed by atoms with Gasteiger partial charge in [-0.2, -0.15) is 0 Å². The predicted octanol–water partition coefficient (Wildman–Crippen LogP) is 4.75. The lowest BCUT2D eigenvalue weighted by atomic mass is 10.2. The lowest BCUT2D eigenvalue weighted by Crippen LogP contribution is -2.38. The van der Waals surface area contributed by atoms with Crippen molar-refractivity contribution in [1.82, 2.24) is 0 Å². The van der Waals surface area contributed by atoms with Gasteiger partial charge in [0.1, 0.15) is 12.3 Å². The summed E-state index contributed by atoms with van der Waals surface area (Å²) in [6, 6.07) is 18.9. The fourth-order valence-electron chi connectivity index (χ4n) is 3.06. The zero-order valence-corrected chi connectivity index (χ0v) is 20.4. The number of aryl methyl sites for hydroxylation is 2. The number of halogens is 1. The van der Waals surface area contributed by atoms with E-state index in [0.29, 0.717) is 17.1 Å². The van der Waals surface area contributed by atoms with Gasteiger partial charge in [0.25, 0.3) is 10.0 Å². The van der Waals surface area contributed by atoms with Gasteiger partial charge in [0.05, 0.1) is 17.7 Å². The Morgan fingerprint density at radius 3 is 2.35 bits per heavy atom. The van der Waals surface area contributed by atoms with Crippen molar-refractivity contribution in [2.24, 2.45) is 0 Å². The van der Waals surface area contributed by atoms with Gasteiger partial charge in [-0.1, -0.05) is 29.8 Å². The maximum absolute atomic E-state index is 13.5. The SMILES string of the molecule is COc1ccccc1N(CC(=O)Nc1ccc(I)cc1C)S(=O)(=O)c1ccc(C)cc1. The molecule has 31 heavy (non-hydrogen) atoms. The average Bonchev–Trinajstić information content (AvgIpc) is 2.74. The fraction of sp³-hybridized carbons (Fsp3) is 0.174. The van der Waals surface area contributed by atoms with Crippen LogP contribution in [0.4, 0.5) is 11.4 Å². The van der Waals surface area contributed by atoms with E-state index < -0.39 is 22.5 Å². The molecule has 3 rings (SSSR count). The van der Waals surface area contributed by atoms with Gasteiger partial charge in [0, 0.05) is 9.26 Å². The number of amides is 1. The Bertz CT molecular complexity index is 1190. The van der Waals surface area contributed by atoms with Crippen LogP contribution in [0.5, 0.6) is 5.75 Å². The third-order valence-corrected chi connectivity index (χ3v) is 7.16. The number of para-hydroxylation sites is 2. The molecule has 0 heterocycles. The smallest absolute Gasteiger partial charge is 0.264 e. The maximum atomic E-state index is 13.5. The van der Waals surface area contributed by atoms with Crippen molar-refractivity contribution in [2.75, 3.05) is 23.3 Å². The lowest BCUT2D eigenvalue weighted by molar-refractivity contribution is -0.114.